The van der Waals surface area contributed by atoms with Gasteiger partial charge in [-0.1, -0.05) is 58.4 Å². The van der Waals surface area contributed by atoms with Crippen molar-refractivity contribution < 1.29 is 19.4 Å². The first-order valence-corrected chi connectivity index (χ1v) is 8.67. The SMILES string of the molecule is O=Cc1c(OCC(=Cc2ccc(Br)cc2)C(=O)O)ccc2ccccc12. The Kier molecular flexibility index (Phi) is 5.49. The van der Waals surface area contributed by atoms with Crippen molar-refractivity contribution in [2.75, 3.05) is 6.61 Å². The number of rotatable bonds is 6. The Balaban J connectivity index is 1.88. The molecular formula is C21H15BrO4. The summed E-state index contributed by atoms with van der Waals surface area (Å²) >= 11 is 3.34. The van der Waals surface area contributed by atoms with Gasteiger partial charge in [0.05, 0.1) is 11.1 Å². The molecule has 3 aromatic carbocycles. The largest absolute Gasteiger partial charge is 0.488 e. The van der Waals surface area contributed by atoms with Crippen molar-refractivity contribution in [3.8, 4) is 5.75 Å². The number of carboxylic acids is 1. The third-order valence-electron chi connectivity index (χ3n) is 3.92. The monoisotopic (exact) mass is 410 g/mol. The molecule has 0 fully saturated rings. The standard InChI is InChI=1S/C21H15BrO4/c22-17-8-5-14(6-9-17)11-16(21(24)25)13-26-20-10-7-15-3-1-2-4-18(15)19(20)12-23/h1-12H,13H2,(H,24,25). The first-order chi connectivity index (χ1) is 12.6. The molecule has 130 valence electrons. The number of fused-ring (bicyclic) bond motifs is 1. The zero-order valence-corrected chi connectivity index (χ0v) is 15.3. The predicted molar refractivity (Wildman–Crippen MR) is 105 cm³/mol. The molecular weight excluding hydrogens is 396 g/mol. The van der Waals surface area contributed by atoms with Crippen molar-refractivity contribution in [1.29, 1.82) is 0 Å². The third-order valence-corrected chi connectivity index (χ3v) is 4.45. The number of aldehydes is 1. The molecule has 0 aliphatic heterocycles. The molecule has 3 rings (SSSR count). The highest BCUT2D eigenvalue weighted by molar-refractivity contribution is 9.10. The van der Waals surface area contributed by atoms with Gasteiger partial charge >= 0.3 is 5.97 Å². The zero-order valence-electron chi connectivity index (χ0n) is 13.7. The second-order valence-corrected chi connectivity index (χ2v) is 6.55. The van der Waals surface area contributed by atoms with E-state index in [-0.39, 0.29) is 12.2 Å². The normalized spacial score (nSPS) is 11.3. The first-order valence-electron chi connectivity index (χ1n) is 7.87. The van der Waals surface area contributed by atoms with Gasteiger partial charge in [-0.15, -0.1) is 0 Å². The predicted octanol–water partition coefficient (Wildman–Crippen LogP) is 4.96. The molecule has 4 nitrogen and oxygen atoms in total. The van der Waals surface area contributed by atoms with E-state index in [1.54, 1.807) is 24.3 Å². The van der Waals surface area contributed by atoms with Crippen LogP contribution in [0.1, 0.15) is 15.9 Å². The van der Waals surface area contributed by atoms with Crippen LogP contribution >= 0.6 is 15.9 Å². The van der Waals surface area contributed by atoms with Gasteiger partial charge in [0, 0.05) is 4.47 Å². The van der Waals surface area contributed by atoms with E-state index in [0.29, 0.717) is 11.3 Å². The number of benzene rings is 3. The van der Waals surface area contributed by atoms with Crippen LogP contribution in [0.25, 0.3) is 16.8 Å². The van der Waals surface area contributed by atoms with Crippen LogP contribution in [0.3, 0.4) is 0 Å². The van der Waals surface area contributed by atoms with Crippen LogP contribution in [-0.2, 0) is 4.79 Å². The average molecular weight is 411 g/mol. The molecule has 0 aliphatic carbocycles. The fourth-order valence-corrected chi connectivity index (χ4v) is 2.87. The number of aliphatic carboxylic acids is 1. The highest BCUT2D eigenvalue weighted by Gasteiger charge is 2.12. The lowest BCUT2D eigenvalue weighted by Gasteiger charge is -2.11. The van der Waals surface area contributed by atoms with E-state index in [2.05, 4.69) is 15.9 Å². The summed E-state index contributed by atoms with van der Waals surface area (Å²) in [5.74, 6) is -0.706. The van der Waals surface area contributed by atoms with Gasteiger partial charge in [-0.25, -0.2) is 4.79 Å². The zero-order chi connectivity index (χ0) is 18.5. The Morgan fingerprint density at radius 3 is 2.46 bits per heavy atom. The van der Waals surface area contributed by atoms with E-state index >= 15 is 0 Å². The lowest BCUT2D eigenvalue weighted by Crippen LogP contribution is -2.11. The lowest BCUT2D eigenvalue weighted by molar-refractivity contribution is -0.132. The van der Waals surface area contributed by atoms with E-state index in [0.717, 1.165) is 27.1 Å². The molecule has 0 bridgehead atoms. The maximum absolute atomic E-state index is 11.5. The first kappa shape index (κ1) is 17.9. The highest BCUT2D eigenvalue weighted by Crippen LogP contribution is 2.27. The van der Waals surface area contributed by atoms with Crippen LogP contribution in [0, 0.1) is 0 Å². The Hall–Kier alpha value is -2.92. The minimum atomic E-state index is -1.07. The van der Waals surface area contributed by atoms with Gasteiger partial charge in [0.25, 0.3) is 0 Å². The van der Waals surface area contributed by atoms with Crippen molar-refractivity contribution in [3.05, 3.63) is 81.8 Å². The number of halogens is 1. The van der Waals surface area contributed by atoms with Crippen molar-refractivity contribution in [1.82, 2.24) is 0 Å². The molecule has 3 aromatic rings. The number of carbonyl (C=O) groups is 2. The minimum Gasteiger partial charge on any atom is -0.488 e. The number of hydrogen-bond donors (Lipinski definition) is 1. The van der Waals surface area contributed by atoms with Gasteiger partial charge in [-0.3, -0.25) is 4.79 Å². The maximum Gasteiger partial charge on any atom is 0.335 e. The van der Waals surface area contributed by atoms with E-state index in [1.807, 2.05) is 42.5 Å². The fourth-order valence-electron chi connectivity index (χ4n) is 2.60. The second kappa shape index (κ2) is 7.97. The molecule has 0 aromatic heterocycles. The molecule has 0 atom stereocenters. The Bertz CT molecular complexity index is 991. The molecule has 0 amide bonds. The topological polar surface area (TPSA) is 63.6 Å². The van der Waals surface area contributed by atoms with Crippen LogP contribution in [0.2, 0.25) is 0 Å². The lowest BCUT2D eigenvalue weighted by atomic mass is 10.0. The number of carbonyl (C=O) groups excluding carboxylic acids is 1. The molecule has 0 saturated heterocycles. The maximum atomic E-state index is 11.5. The van der Waals surface area contributed by atoms with Crippen LogP contribution in [0.5, 0.6) is 5.75 Å². The summed E-state index contributed by atoms with van der Waals surface area (Å²) in [7, 11) is 0. The molecule has 0 aliphatic rings. The Morgan fingerprint density at radius 1 is 1.04 bits per heavy atom. The van der Waals surface area contributed by atoms with E-state index in [4.69, 9.17) is 4.74 Å². The van der Waals surface area contributed by atoms with Crippen molar-refractivity contribution in [2.24, 2.45) is 0 Å². The summed E-state index contributed by atoms with van der Waals surface area (Å²) in [6.45, 7) is -0.148. The molecule has 0 spiro atoms. The van der Waals surface area contributed by atoms with E-state index < -0.39 is 5.97 Å². The van der Waals surface area contributed by atoms with Crippen LogP contribution in [0.15, 0.2) is 70.7 Å². The molecule has 0 heterocycles. The van der Waals surface area contributed by atoms with Gasteiger partial charge in [-0.05, 0) is 40.6 Å². The summed E-state index contributed by atoms with van der Waals surface area (Å²) in [6, 6.07) is 18.3. The van der Waals surface area contributed by atoms with Crippen LogP contribution < -0.4 is 4.74 Å². The second-order valence-electron chi connectivity index (χ2n) is 5.63. The fraction of sp³-hybridized carbons (Fsp3) is 0.0476. The van der Waals surface area contributed by atoms with E-state index in [1.165, 1.54) is 0 Å². The number of carboxylic acid groups (broad SMARTS) is 1. The van der Waals surface area contributed by atoms with Gasteiger partial charge < -0.3 is 9.84 Å². The summed E-state index contributed by atoms with van der Waals surface area (Å²) in [5.41, 5.74) is 1.26. The highest BCUT2D eigenvalue weighted by atomic mass is 79.9. The summed E-state index contributed by atoms with van der Waals surface area (Å²) in [6.07, 6.45) is 2.28. The molecule has 1 N–H and O–H groups in total. The summed E-state index contributed by atoms with van der Waals surface area (Å²) in [5, 5.41) is 11.1. The van der Waals surface area contributed by atoms with Gasteiger partial charge in [-0.2, -0.15) is 0 Å². The average Bonchev–Trinajstić information content (AvgIpc) is 2.65. The quantitative estimate of drug-likeness (QED) is 0.460. The molecule has 5 heteroatoms. The molecule has 26 heavy (non-hydrogen) atoms. The smallest absolute Gasteiger partial charge is 0.335 e. The third kappa shape index (κ3) is 4.00. The van der Waals surface area contributed by atoms with Gasteiger partial charge in [0.1, 0.15) is 12.4 Å². The van der Waals surface area contributed by atoms with Gasteiger partial charge in [0.2, 0.25) is 0 Å². The molecule has 0 unspecified atom stereocenters. The number of hydrogen-bond acceptors (Lipinski definition) is 3. The van der Waals surface area contributed by atoms with Gasteiger partial charge in [0.15, 0.2) is 6.29 Å². The number of ether oxygens (including phenoxy) is 1. The van der Waals surface area contributed by atoms with Crippen LogP contribution in [0.4, 0.5) is 0 Å². The van der Waals surface area contributed by atoms with Crippen molar-refractivity contribution in [3.63, 3.8) is 0 Å². The Morgan fingerprint density at radius 2 is 1.77 bits per heavy atom. The van der Waals surface area contributed by atoms with Crippen molar-refractivity contribution in [2.45, 2.75) is 0 Å². The Labute approximate surface area is 158 Å². The summed E-state index contributed by atoms with van der Waals surface area (Å²) < 4.78 is 6.58. The molecule has 0 radical (unpaired) electrons. The summed E-state index contributed by atoms with van der Waals surface area (Å²) in [4.78, 5) is 23.1. The van der Waals surface area contributed by atoms with Crippen LogP contribution in [-0.4, -0.2) is 24.0 Å². The minimum absolute atomic E-state index is 0.0948. The molecule has 0 saturated carbocycles. The van der Waals surface area contributed by atoms with E-state index in [9.17, 15) is 14.7 Å². The van der Waals surface area contributed by atoms with Crippen molar-refractivity contribution >= 4 is 45.0 Å².